The summed E-state index contributed by atoms with van der Waals surface area (Å²) in [4.78, 5) is 59.2. The maximum Gasteiger partial charge on any atom is 0.315 e. The van der Waals surface area contributed by atoms with Crippen LogP contribution in [0.5, 0.6) is 0 Å². The summed E-state index contributed by atoms with van der Waals surface area (Å²) in [6, 6.07) is 0. The van der Waals surface area contributed by atoms with Gasteiger partial charge in [-0.2, -0.15) is 0 Å². The Balaban J connectivity index is 1.49. The zero-order chi connectivity index (χ0) is 23.3. The predicted molar refractivity (Wildman–Crippen MR) is 118 cm³/mol. The van der Waals surface area contributed by atoms with Gasteiger partial charge in [-0.3, -0.25) is 30.0 Å². The first-order chi connectivity index (χ1) is 15.3. The lowest BCUT2D eigenvalue weighted by molar-refractivity contribution is -0.146. The topological polar surface area (TPSA) is 131 Å². The second-order valence-corrected chi connectivity index (χ2v) is 9.36. The number of carbonyl (C=O) groups is 4. The molecule has 3 rings (SSSR count). The first-order valence-electron chi connectivity index (χ1n) is 10.2. The van der Waals surface area contributed by atoms with Gasteiger partial charge in [-0.25, -0.2) is 9.97 Å². The highest BCUT2D eigenvalue weighted by molar-refractivity contribution is 7.13. The van der Waals surface area contributed by atoms with Gasteiger partial charge in [0.1, 0.15) is 17.0 Å². The van der Waals surface area contributed by atoms with Gasteiger partial charge in [0, 0.05) is 24.4 Å². The van der Waals surface area contributed by atoms with Crippen molar-refractivity contribution >= 4 is 46.4 Å². The van der Waals surface area contributed by atoms with Crippen molar-refractivity contribution < 1.29 is 23.9 Å². The smallest absolute Gasteiger partial charge is 0.315 e. The van der Waals surface area contributed by atoms with Gasteiger partial charge < -0.3 is 9.64 Å². The van der Waals surface area contributed by atoms with Crippen molar-refractivity contribution in [1.82, 2.24) is 25.7 Å². The van der Waals surface area contributed by atoms with Crippen LogP contribution in [-0.4, -0.2) is 58.3 Å². The fourth-order valence-corrected chi connectivity index (χ4v) is 5.22. The van der Waals surface area contributed by atoms with Gasteiger partial charge in [-0.1, -0.05) is 0 Å². The molecule has 0 atom stereocenters. The molecule has 172 valence electrons. The lowest BCUT2D eigenvalue weighted by Gasteiger charge is -2.30. The van der Waals surface area contributed by atoms with E-state index in [1.807, 2.05) is 18.7 Å². The number of esters is 1. The Morgan fingerprint density at radius 2 is 1.88 bits per heavy atom. The molecule has 0 radical (unpaired) electrons. The number of ether oxygens (including phenoxy) is 1. The minimum Gasteiger partial charge on any atom is -0.466 e. The van der Waals surface area contributed by atoms with Crippen LogP contribution in [-0.2, 0) is 14.3 Å². The predicted octanol–water partition coefficient (Wildman–Crippen LogP) is 1.95. The molecule has 32 heavy (non-hydrogen) atoms. The van der Waals surface area contributed by atoms with Crippen LogP contribution < -0.4 is 10.9 Å². The van der Waals surface area contributed by atoms with Crippen LogP contribution in [0.3, 0.4) is 0 Å². The monoisotopic (exact) mass is 479 g/mol. The molecule has 3 amide bonds. The Morgan fingerprint density at radius 1 is 1.16 bits per heavy atom. The van der Waals surface area contributed by atoms with Crippen LogP contribution in [0.4, 0.5) is 0 Å². The average molecular weight is 480 g/mol. The summed E-state index contributed by atoms with van der Waals surface area (Å²) in [5.41, 5.74) is 5.38. The Morgan fingerprint density at radius 3 is 2.50 bits per heavy atom. The van der Waals surface area contributed by atoms with E-state index in [1.165, 1.54) is 22.7 Å². The normalized spacial score (nSPS) is 14.2. The largest absolute Gasteiger partial charge is 0.466 e. The number of hydrazine groups is 1. The summed E-state index contributed by atoms with van der Waals surface area (Å²) in [7, 11) is 0. The van der Waals surface area contributed by atoms with Gasteiger partial charge in [0.2, 0.25) is 5.91 Å². The number of rotatable bonds is 6. The van der Waals surface area contributed by atoms with E-state index in [2.05, 4.69) is 25.6 Å². The van der Waals surface area contributed by atoms with E-state index in [1.54, 1.807) is 12.3 Å². The van der Waals surface area contributed by atoms with Crippen molar-refractivity contribution in [3.63, 3.8) is 0 Å². The van der Waals surface area contributed by atoms with E-state index in [4.69, 9.17) is 0 Å². The minimum absolute atomic E-state index is 0.0179. The zero-order valence-electron chi connectivity index (χ0n) is 18.1. The van der Waals surface area contributed by atoms with Gasteiger partial charge in [0.05, 0.1) is 22.3 Å². The van der Waals surface area contributed by atoms with E-state index < -0.39 is 24.2 Å². The molecule has 0 spiro atoms. The SMILES string of the molecule is CCOC(=O)CC(=O)NNC(=O)c1csc(C2CCN(C(=O)c3sc(C)nc3C)CC2)n1. The van der Waals surface area contributed by atoms with E-state index in [0.29, 0.717) is 18.0 Å². The molecule has 1 saturated heterocycles. The Kier molecular flexibility index (Phi) is 7.91. The summed E-state index contributed by atoms with van der Waals surface area (Å²) in [6.45, 7) is 6.79. The maximum atomic E-state index is 12.8. The Bertz CT molecular complexity index is 1010. The van der Waals surface area contributed by atoms with Gasteiger partial charge in [0.25, 0.3) is 11.8 Å². The number of hydrogen-bond donors (Lipinski definition) is 2. The zero-order valence-corrected chi connectivity index (χ0v) is 19.7. The molecule has 3 heterocycles. The summed E-state index contributed by atoms with van der Waals surface area (Å²) < 4.78 is 4.68. The first kappa shape index (κ1) is 23.8. The summed E-state index contributed by atoms with van der Waals surface area (Å²) in [5, 5.41) is 3.33. The second kappa shape index (κ2) is 10.6. The lowest BCUT2D eigenvalue weighted by atomic mass is 9.97. The standard InChI is InChI=1S/C20H25N5O5S2/c1-4-30-16(27)9-15(26)23-24-18(28)14-10-31-19(22-14)13-5-7-25(8-6-13)20(29)17-11(2)21-12(3)32-17/h10,13H,4-9H2,1-3H3,(H,23,26)(H,24,28). The number of aromatic nitrogens is 2. The van der Waals surface area contributed by atoms with Crippen LogP contribution in [0, 0.1) is 13.8 Å². The van der Waals surface area contributed by atoms with Crippen molar-refractivity contribution in [2.24, 2.45) is 0 Å². The van der Waals surface area contributed by atoms with Crippen LogP contribution in [0.25, 0.3) is 0 Å². The van der Waals surface area contributed by atoms with Crippen molar-refractivity contribution in [1.29, 1.82) is 0 Å². The van der Waals surface area contributed by atoms with E-state index in [9.17, 15) is 19.2 Å². The molecule has 1 aliphatic heterocycles. The summed E-state index contributed by atoms with van der Waals surface area (Å²) in [5.74, 6) is -1.72. The third kappa shape index (κ3) is 5.88. The van der Waals surface area contributed by atoms with Crippen LogP contribution in [0.15, 0.2) is 5.38 Å². The summed E-state index contributed by atoms with van der Waals surface area (Å²) >= 11 is 2.80. The molecule has 1 fully saturated rings. The molecule has 12 heteroatoms. The molecule has 2 aromatic heterocycles. The third-order valence-corrected chi connectivity index (χ3v) is 6.98. The minimum atomic E-state index is -0.671. The number of thiazole rings is 2. The second-order valence-electron chi connectivity index (χ2n) is 7.27. The van der Waals surface area contributed by atoms with E-state index in [-0.39, 0.29) is 24.1 Å². The molecule has 1 aliphatic rings. The van der Waals surface area contributed by atoms with Crippen LogP contribution in [0.1, 0.15) is 68.0 Å². The molecule has 0 aromatic carbocycles. The Hall–Kier alpha value is -2.86. The molecule has 2 N–H and O–H groups in total. The number of nitrogens with zero attached hydrogens (tertiary/aromatic N) is 3. The third-order valence-electron chi connectivity index (χ3n) is 4.91. The van der Waals surface area contributed by atoms with Gasteiger partial charge in [-0.15, -0.1) is 22.7 Å². The fraction of sp³-hybridized carbons (Fsp3) is 0.500. The quantitative estimate of drug-likeness (QED) is 0.368. The van der Waals surface area contributed by atoms with E-state index in [0.717, 1.165) is 28.6 Å². The number of hydrogen-bond acceptors (Lipinski definition) is 9. The van der Waals surface area contributed by atoms with Gasteiger partial charge >= 0.3 is 5.97 Å². The van der Waals surface area contributed by atoms with Gasteiger partial charge in [-0.05, 0) is 33.6 Å². The van der Waals surface area contributed by atoms with Crippen molar-refractivity contribution in [3.05, 3.63) is 31.7 Å². The first-order valence-corrected chi connectivity index (χ1v) is 11.9. The van der Waals surface area contributed by atoms with Crippen molar-refractivity contribution in [2.75, 3.05) is 19.7 Å². The van der Waals surface area contributed by atoms with Crippen LogP contribution in [0.2, 0.25) is 0 Å². The number of nitrogens with one attached hydrogen (secondary N) is 2. The Labute approximate surface area is 193 Å². The van der Waals surface area contributed by atoms with Crippen LogP contribution >= 0.6 is 22.7 Å². The van der Waals surface area contributed by atoms with Gasteiger partial charge in [0.15, 0.2) is 0 Å². The number of amides is 3. The van der Waals surface area contributed by atoms with Crippen molar-refractivity contribution in [2.45, 2.75) is 46.0 Å². The maximum absolute atomic E-state index is 12.8. The molecular formula is C20H25N5O5S2. The number of aryl methyl sites for hydroxylation is 2. The highest BCUT2D eigenvalue weighted by Gasteiger charge is 2.28. The lowest BCUT2D eigenvalue weighted by Crippen LogP contribution is -2.42. The van der Waals surface area contributed by atoms with Crippen molar-refractivity contribution in [3.8, 4) is 0 Å². The molecule has 2 aromatic rings. The fourth-order valence-electron chi connectivity index (χ4n) is 3.36. The molecule has 0 unspecified atom stereocenters. The number of piperidine rings is 1. The molecule has 0 bridgehead atoms. The van der Waals surface area contributed by atoms with E-state index >= 15 is 0 Å². The number of carbonyl (C=O) groups excluding carboxylic acids is 4. The molecule has 0 aliphatic carbocycles. The average Bonchev–Trinajstić information content (AvgIpc) is 3.38. The highest BCUT2D eigenvalue weighted by Crippen LogP contribution is 2.31. The number of likely N-dealkylation sites (tertiary alicyclic amines) is 1. The highest BCUT2D eigenvalue weighted by atomic mass is 32.1. The molecular weight excluding hydrogens is 454 g/mol. The summed E-state index contributed by atoms with van der Waals surface area (Å²) in [6.07, 6.45) is 1.04. The molecule has 10 nitrogen and oxygen atoms in total. The molecule has 0 saturated carbocycles.